The van der Waals surface area contributed by atoms with E-state index in [-0.39, 0.29) is 12.5 Å². The molecule has 0 spiro atoms. The van der Waals surface area contributed by atoms with Gasteiger partial charge in [-0.1, -0.05) is 25.4 Å². The van der Waals surface area contributed by atoms with Crippen molar-refractivity contribution in [2.75, 3.05) is 6.54 Å². The number of amides is 1. The molecule has 0 saturated carbocycles. The van der Waals surface area contributed by atoms with Crippen molar-refractivity contribution in [3.8, 4) is 0 Å². The highest BCUT2D eigenvalue weighted by Gasteiger charge is 2.24. The van der Waals surface area contributed by atoms with Crippen molar-refractivity contribution in [1.29, 1.82) is 0 Å². The van der Waals surface area contributed by atoms with Crippen LogP contribution in [0.25, 0.3) is 0 Å². The maximum atomic E-state index is 11.9. The molecule has 0 saturated heterocycles. The molecule has 1 atom stereocenters. The summed E-state index contributed by atoms with van der Waals surface area (Å²) in [6.07, 6.45) is 0.643. The van der Waals surface area contributed by atoms with E-state index in [4.69, 9.17) is 11.6 Å². The highest BCUT2D eigenvalue weighted by molar-refractivity contribution is 7.13. The molecule has 3 nitrogen and oxygen atoms in total. The Hall–Kier alpha value is -0.580. The normalized spacial score (nSPS) is 14.6. The molecule has 1 aromatic rings. The van der Waals surface area contributed by atoms with Gasteiger partial charge in [0.1, 0.15) is 4.88 Å². The second kappa shape index (κ2) is 6.04. The second-order valence-corrected chi connectivity index (χ2v) is 6.60. The van der Waals surface area contributed by atoms with Crippen LogP contribution in [0.4, 0.5) is 0 Å². The third-order valence-electron chi connectivity index (χ3n) is 2.58. The highest BCUT2D eigenvalue weighted by atomic mass is 35.5. The number of rotatable bonds is 5. The van der Waals surface area contributed by atoms with Crippen LogP contribution in [0.1, 0.15) is 42.4 Å². The molecule has 0 fully saturated rings. The van der Waals surface area contributed by atoms with Gasteiger partial charge in [-0.3, -0.25) is 4.79 Å². The summed E-state index contributed by atoms with van der Waals surface area (Å²) in [7, 11) is 0. The van der Waals surface area contributed by atoms with Crippen molar-refractivity contribution in [2.45, 2.75) is 39.7 Å². The van der Waals surface area contributed by atoms with Crippen LogP contribution in [-0.4, -0.2) is 23.2 Å². The monoisotopic (exact) mass is 289 g/mol. The number of hydrogen-bond donors (Lipinski definition) is 2. The van der Waals surface area contributed by atoms with Gasteiger partial charge in [0.05, 0.1) is 10.6 Å². The Morgan fingerprint density at radius 2 is 2.22 bits per heavy atom. The van der Waals surface area contributed by atoms with E-state index < -0.39 is 5.60 Å². The highest BCUT2D eigenvalue weighted by Crippen LogP contribution is 2.27. The van der Waals surface area contributed by atoms with Crippen LogP contribution in [0.2, 0.25) is 5.02 Å². The van der Waals surface area contributed by atoms with E-state index in [1.807, 2.05) is 26.2 Å². The van der Waals surface area contributed by atoms with Gasteiger partial charge in [0, 0.05) is 6.54 Å². The molecule has 0 bridgehead atoms. The summed E-state index contributed by atoms with van der Waals surface area (Å²) in [5, 5.41) is 15.2. The molecular formula is C13H20ClNO2S. The number of nitrogens with one attached hydrogen (secondary N) is 1. The Kier molecular flexibility index (Phi) is 5.20. The quantitative estimate of drug-likeness (QED) is 0.874. The van der Waals surface area contributed by atoms with Crippen molar-refractivity contribution in [2.24, 2.45) is 5.92 Å². The lowest BCUT2D eigenvalue weighted by Gasteiger charge is -2.25. The van der Waals surface area contributed by atoms with Crippen LogP contribution in [0.15, 0.2) is 5.38 Å². The summed E-state index contributed by atoms with van der Waals surface area (Å²) in [5.74, 6) is 0.159. The topological polar surface area (TPSA) is 49.3 Å². The minimum absolute atomic E-state index is 0.220. The van der Waals surface area contributed by atoms with Crippen LogP contribution in [-0.2, 0) is 0 Å². The Bertz CT molecular complexity index is 427. The third-order valence-corrected chi connectivity index (χ3v) is 4.28. The predicted octanol–water partition coefficient (Wildman–Crippen LogP) is 3.24. The Labute approximate surface area is 117 Å². The molecular weight excluding hydrogens is 270 g/mol. The molecule has 1 aromatic heterocycles. The van der Waals surface area contributed by atoms with Gasteiger partial charge in [0.2, 0.25) is 0 Å². The molecule has 2 N–H and O–H groups in total. The fourth-order valence-electron chi connectivity index (χ4n) is 1.89. The number of carbonyl (C=O) groups is 1. The molecule has 1 heterocycles. The van der Waals surface area contributed by atoms with Crippen molar-refractivity contribution in [3.05, 3.63) is 20.8 Å². The van der Waals surface area contributed by atoms with Gasteiger partial charge < -0.3 is 10.4 Å². The summed E-state index contributed by atoms with van der Waals surface area (Å²) in [5.41, 5.74) is 0.0172. The molecule has 1 rings (SSSR count). The first-order valence-corrected chi connectivity index (χ1v) is 7.23. The first-order chi connectivity index (χ1) is 8.23. The summed E-state index contributed by atoms with van der Waals surface area (Å²) < 4.78 is 0. The zero-order valence-corrected chi connectivity index (χ0v) is 12.8. The van der Waals surface area contributed by atoms with Gasteiger partial charge in [-0.2, -0.15) is 0 Å². The van der Waals surface area contributed by atoms with Gasteiger partial charge in [-0.15, -0.1) is 11.3 Å². The summed E-state index contributed by atoms with van der Waals surface area (Å²) in [6, 6.07) is 0. The van der Waals surface area contributed by atoms with Crippen molar-refractivity contribution >= 4 is 28.8 Å². The molecule has 0 aromatic carbocycles. The smallest absolute Gasteiger partial charge is 0.262 e. The Balaban J connectivity index is 2.59. The van der Waals surface area contributed by atoms with Gasteiger partial charge in [0.15, 0.2) is 0 Å². The van der Waals surface area contributed by atoms with Gasteiger partial charge in [-0.25, -0.2) is 0 Å². The summed E-state index contributed by atoms with van der Waals surface area (Å²) in [6.45, 7) is 7.90. The fourth-order valence-corrected chi connectivity index (χ4v) is 3.08. The number of aliphatic hydroxyl groups is 1. The maximum absolute atomic E-state index is 11.9. The average Bonchev–Trinajstić information content (AvgIpc) is 2.55. The average molecular weight is 290 g/mol. The Morgan fingerprint density at radius 3 is 2.67 bits per heavy atom. The maximum Gasteiger partial charge on any atom is 0.262 e. The number of thiophene rings is 1. The van der Waals surface area contributed by atoms with Gasteiger partial charge in [-0.05, 0) is 37.1 Å². The number of halogens is 1. The minimum Gasteiger partial charge on any atom is -0.388 e. The standard InChI is InChI=1S/C13H20ClNO2S/c1-8(2)5-13(4,17)7-15-12(16)11-10(14)9(3)6-18-11/h6,8,17H,5,7H2,1-4H3,(H,15,16). The lowest BCUT2D eigenvalue weighted by molar-refractivity contribution is 0.0369. The third kappa shape index (κ3) is 4.26. The van der Waals surface area contributed by atoms with E-state index >= 15 is 0 Å². The van der Waals surface area contributed by atoms with Crippen LogP contribution in [0.3, 0.4) is 0 Å². The molecule has 0 aliphatic heterocycles. The van der Waals surface area contributed by atoms with E-state index in [9.17, 15) is 9.90 Å². The van der Waals surface area contributed by atoms with Gasteiger partial charge >= 0.3 is 0 Å². The minimum atomic E-state index is -0.886. The van der Waals surface area contributed by atoms with Crippen molar-refractivity contribution in [3.63, 3.8) is 0 Å². The van der Waals surface area contributed by atoms with Gasteiger partial charge in [0.25, 0.3) is 5.91 Å². The molecule has 5 heteroatoms. The lowest BCUT2D eigenvalue weighted by atomic mass is 9.94. The predicted molar refractivity (Wildman–Crippen MR) is 76.5 cm³/mol. The van der Waals surface area contributed by atoms with Crippen molar-refractivity contribution < 1.29 is 9.90 Å². The van der Waals surface area contributed by atoms with E-state index in [1.165, 1.54) is 11.3 Å². The van der Waals surface area contributed by atoms with Crippen LogP contribution >= 0.6 is 22.9 Å². The van der Waals surface area contributed by atoms with E-state index in [0.29, 0.717) is 22.2 Å². The molecule has 0 radical (unpaired) electrons. The molecule has 18 heavy (non-hydrogen) atoms. The molecule has 1 unspecified atom stereocenters. The Morgan fingerprint density at radius 1 is 1.61 bits per heavy atom. The number of carbonyl (C=O) groups excluding carboxylic acids is 1. The first-order valence-electron chi connectivity index (χ1n) is 5.97. The summed E-state index contributed by atoms with van der Waals surface area (Å²) >= 11 is 7.35. The lowest BCUT2D eigenvalue weighted by Crippen LogP contribution is -2.41. The zero-order chi connectivity index (χ0) is 13.9. The number of hydrogen-bond acceptors (Lipinski definition) is 3. The van der Waals surface area contributed by atoms with Crippen LogP contribution in [0, 0.1) is 12.8 Å². The largest absolute Gasteiger partial charge is 0.388 e. The van der Waals surface area contributed by atoms with E-state index in [1.54, 1.807) is 6.92 Å². The molecule has 0 aliphatic carbocycles. The zero-order valence-electron chi connectivity index (χ0n) is 11.2. The van der Waals surface area contributed by atoms with Crippen LogP contribution in [0.5, 0.6) is 0 Å². The first kappa shape index (κ1) is 15.5. The fraction of sp³-hybridized carbons (Fsp3) is 0.615. The molecule has 0 aliphatic rings. The SMILES string of the molecule is Cc1csc(C(=O)NCC(C)(O)CC(C)C)c1Cl. The second-order valence-electron chi connectivity index (χ2n) is 5.34. The molecule has 1 amide bonds. The van der Waals surface area contributed by atoms with E-state index in [2.05, 4.69) is 5.32 Å². The van der Waals surface area contributed by atoms with Crippen molar-refractivity contribution in [1.82, 2.24) is 5.32 Å². The van der Waals surface area contributed by atoms with E-state index in [0.717, 1.165) is 5.56 Å². The summed E-state index contributed by atoms with van der Waals surface area (Å²) in [4.78, 5) is 12.4. The number of aryl methyl sites for hydroxylation is 1. The molecule has 102 valence electrons. The van der Waals surface area contributed by atoms with Crippen LogP contribution < -0.4 is 5.32 Å².